The second-order valence-electron chi connectivity index (χ2n) is 5.93. The molecule has 0 bridgehead atoms. The summed E-state index contributed by atoms with van der Waals surface area (Å²) in [5, 5.41) is 0. The van der Waals surface area contributed by atoms with Crippen molar-refractivity contribution in [3.63, 3.8) is 0 Å². The Balaban J connectivity index is 2.13. The van der Waals surface area contributed by atoms with Crippen molar-refractivity contribution in [1.29, 1.82) is 0 Å². The Kier molecular flexibility index (Phi) is 9.28. The number of rotatable bonds is 11. The molecule has 0 N–H and O–H groups in total. The third-order valence-corrected chi connectivity index (χ3v) is 5.53. The predicted molar refractivity (Wildman–Crippen MR) is 96.2 cm³/mol. The van der Waals surface area contributed by atoms with Crippen LogP contribution in [-0.2, 0) is 4.43 Å². The Bertz CT molecular complexity index is 379. The quantitative estimate of drug-likeness (QED) is 0.335. The average molecular weight is 373 g/mol. The summed E-state index contributed by atoms with van der Waals surface area (Å²) in [7, 11) is -2.06. The summed E-state index contributed by atoms with van der Waals surface area (Å²) in [5.41, 5.74) is 0. The molecule has 0 saturated carbocycles. The van der Waals surface area contributed by atoms with Crippen LogP contribution in [0.3, 0.4) is 0 Å². The van der Waals surface area contributed by atoms with Crippen molar-refractivity contribution in [3.8, 4) is 5.75 Å². The maximum atomic E-state index is 6.01. The number of benzene rings is 1. The lowest BCUT2D eigenvalue weighted by atomic mass is 10.1. The molecule has 0 unspecified atom stereocenters. The van der Waals surface area contributed by atoms with Crippen LogP contribution in [0.1, 0.15) is 51.9 Å². The van der Waals surface area contributed by atoms with Gasteiger partial charge in [-0.25, -0.2) is 0 Å². The lowest BCUT2D eigenvalue weighted by Gasteiger charge is -2.24. The summed E-state index contributed by atoms with van der Waals surface area (Å²) in [5.74, 6) is 0.898. The predicted octanol–water partition coefficient (Wildman–Crippen LogP) is 6.30. The van der Waals surface area contributed by atoms with Crippen LogP contribution in [0.25, 0.3) is 0 Å². The molecule has 4 heteroatoms. The summed E-state index contributed by atoms with van der Waals surface area (Å²) in [6.45, 7) is 7.29. The summed E-state index contributed by atoms with van der Waals surface area (Å²) >= 11 is 3.43. The minimum Gasteiger partial charge on any atom is -0.520 e. The van der Waals surface area contributed by atoms with E-state index in [9.17, 15) is 0 Å². The fraction of sp³-hybridized carbons (Fsp3) is 0.647. The maximum Gasteiger partial charge on any atom is 0.392 e. The minimum absolute atomic E-state index is 0.823. The molecule has 0 fully saturated rings. The highest BCUT2D eigenvalue weighted by molar-refractivity contribution is 9.10. The first-order chi connectivity index (χ1) is 10.0. The van der Waals surface area contributed by atoms with Crippen molar-refractivity contribution in [1.82, 2.24) is 0 Å². The Hall–Kier alpha value is -0.323. The molecule has 0 heterocycles. The first-order valence-electron chi connectivity index (χ1n) is 8.12. The van der Waals surface area contributed by atoms with E-state index in [1.54, 1.807) is 0 Å². The Labute approximate surface area is 139 Å². The third-order valence-electron chi connectivity index (χ3n) is 3.37. The molecule has 1 aromatic carbocycles. The van der Waals surface area contributed by atoms with Gasteiger partial charge in [-0.2, -0.15) is 0 Å². The van der Waals surface area contributed by atoms with Gasteiger partial charge in [0.1, 0.15) is 5.75 Å². The van der Waals surface area contributed by atoms with Gasteiger partial charge in [-0.3, -0.25) is 0 Å². The topological polar surface area (TPSA) is 18.5 Å². The fourth-order valence-electron chi connectivity index (χ4n) is 2.19. The van der Waals surface area contributed by atoms with Crippen molar-refractivity contribution < 1.29 is 8.85 Å². The van der Waals surface area contributed by atoms with Gasteiger partial charge < -0.3 is 8.85 Å². The van der Waals surface area contributed by atoms with Crippen molar-refractivity contribution in [2.45, 2.75) is 65.0 Å². The molecule has 120 valence electrons. The molecule has 0 aliphatic rings. The Morgan fingerprint density at radius 1 is 0.905 bits per heavy atom. The molecule has 2 nitrogen and oxygen atoms in total. The van der Waals surface area contributed by atoms with Gasteiger partial charge >= 0.3 is 8.56 Å². The molecule has 0 radical (unpaired) electrons. The second-order valence-corrected chi connectivity index (χ2v) is 10.1. The van der Waals surface area contributed by atoms with Crippen LogP contribution in [-0.4, -0.2) is 15.2 Å². The van der Waals surface area contributed by atoms with Gasteiger partial charge in [0.2, 0.25) is 0 Å². The number of halogens is 1. The first-order valence-corrected chi connectivity index (χ1v) is 11.7. The lowest BCUT2D eigenvalue weighted by Crippen LogP contribution is -2.38. The zero-order valence-electron chi connectivity index (χ0n) is 13.7. The molecule has 0 amide bonds. The summed E-state index contributed by atoms with van der Waals surface area (Å²) < 4.78 is 13.1. The highest BCUT2D eigenvalue weighted by Gasteiger charge is 2.26. The summed E-state index contributed by atoms with van der Waals surface area (Å²) in [6.07, 6.45) is 9.18. The molecule has 0 aliphatic heterocycles. The van der Waals surface area contributed by atoms with Crippen molar-refractivity contribution >= 4 is 24.5 Å². The van der Waals surface area contributed by atoms with Crippen molar-refractivity contribution in [2.75, 3.05) is 6.61 Å². The van der Waals surface area contributed by atoms with Gasteiger partial charge in [-0.05, 0) is 43.8 Å². The van der Waals surface area contributed by atoms with E-state index in [2.05, 4.69) is 35.9 Å². The average Bonchev–Trinajstić information content (AvgIpc) is 2.44. The number of hydrogen-bond donors (Lipinski definition) is 0. The van der Waals surface area contributed by atoms with Gasteiger partial charge in [0.15, 0.2) is 0 Å². The van der Waals surface area contributed by atoms with Crippen LogP contribution in [0.15, 0.2) is 28.7 Å². The second kappa shape index (κ2) is 10.4. The van der Waals surface area contributed by atoms with Gasteiger partial charge in [0.25, 0.3) is 0 Å². The van der Waals surface area contributed by atoms with Crippen LogP contribution in [0.2, 0.25) is 13.1 Å². The van der Waals surface area contributed by atoms with Crippen LogP contribution in [0.5, 0.6) is 5.75 Å². The van der Waals surface area contributed by atoms with Crippen molar-refractivity contribution in [3.05, 3.63) is 28.7 Å². The standard InChI is InChI=1S/C17H29BrO2Si/c1-4-5-6-7-8-9-10-15-19-21(2,3)20-17-13-11-16(18)12-14-17/h11-14H,4-10,15H2,1-3H3. The van der Waals surface area contributed by atoms with Crippen LogP contribution < -0.4 is 4.43 Å². The number of unbranched alkanes of at least 4 members (excludes halogenated alkanes) is 6. The Morgan fingerprint density at radius 2 is 1.48 bits per heavy atom. The largest absolute Gasteiger partial charge is 0.520 e. The molecule has 1 rings (SSSR count). The van der Waals surface area contributed by atoms with E-state index < -0.39 is 8.56 Å². The SMILES string of the molecule is CCCCCCCCCO[Si](C)(C)Oc1ccc(Br)cc1. The van der Waals surface area contributed by atoms with E-state index in [4.69, 9.17) is 8.85 Å². The van der Waals surface area contributed by atoms with E-state index in [1.165, 1.54) is 38.5 Å². The minimum atomic E-state index is -2.06. The highest BCUT2D eigenvalue weighted by atomic mass is 79.9. The van der Waals surface area contributed by atoms with Crippen LogP contribution in [0, 0.1) is 0 Å². The van der Waals surface area contributed by atoms with E-state index in [0.29, 0.717) is 0 Å². The molecule has 21 heavy (non-hydrogen) atoms. The van der Waals surface area contributed by atoms with Crippen molar-refractivity contribution in [2.24, 2.45) is 0 Å². The monoisotopic (exact) mass is 372 g/mol. The molecule has 0 saturated heterocycles. The normalized spacial score (nSPS) is 11.6. The van der Waals surface area contributed by atoms with Gasteiger partial charge in [-0.1, -0.05) is 61.4 Å². The molecule has 1 aromatic rings. The van der Waals surface area contributed by atoms with E-state index in [1.807, 2.05) is 24.3 Å². The zero-order valence-corrected chi connectivity index (χ0v) is 16.2. The Morgan fingerprint density at radius 3 is 2.10 bits per heavy atom. The maximum absolute atomic E-state index is 6.01. The summed E-state index contributed by atoms with van der Waals surface area (Å²) in [6, 6.07) is 7.96. The lowest BCUT2D eigenvalue weighted by molar-refractivity contribution is 0.240. The molecular formula is C17H29BrO2Si. The smallest absolute Gasteiger partial charge is 0.392 e. The molecule has 0 aliphatic carbocycles. The zero-order chi connectivity index (χ0) is 15.6. The van der Waals surface area contributed by atoms with E-state index >= 15 is 0 Å². The molecule has 0 atom stereocenters. The van der Waals surface area contributed by atoms with Gasteiger partial charge in [-0.15, -0.1) is 0 Å². The third kappa shape index (κ3) is 9.33. The molecular weight excluding hydrogens is 344 g/mol. The van der Waals surface area contributed by atoms with Crippen LogP contribution in [0.4, 0.5) is 0 Å². The van der Waals surface area contributed by atoms with Crippen LogP contribution >= 0.6 is 15.9 Å². The van der Waals surface area contributed by atoms with E-state index in [-0.39, 0.29) is 0 Å². The van der Waals surface area contributed by atoms with Gasteiger partial charge in [0, 0.05) is 11.1 Å². The molecule has 0 spiro atoms. The first kappa shape index (κ1) is 18.7. The number of hydrogen-bond acceptors (Lipinski definition) is 2. The fourth-order valence-corrected chi connectivity index (χ4v) is 3.86. The summed E-state index contributed by atoms with van der Waals surface area (Å²) in [4.78, 5) is 0. The molecule has 0 aromatic heterocycles. The highest BCUT2D eigenvalue weighted by Crippen LogP contribution is 2.20. The van der Waals surface area contributed by atoms with E-state index in [0.717, 1.165) is 23.2 Å². The van der Waals surface area contributed by atoms with Gasteiger partial charge in [0.05, 0.1) is 0 Å².